The van der Waals surface area contributed by atoms with E-state index in [4.69, 9.17) is 0 Å². The fourth-order valence-corrected chi connectivity index (χ4v) is 2.18. The van der Waals surface area contributed by atoms with Crippen molar-refractivity contribution in [1.29, 1.82) is 0 Å². The Kier molecular flexibility index (Phi) is 5.24. The Morgan fingerprint density at radius 3 is 2.55 bits per heavy atom. The van der Waals surface area contributed by atoms with E-state index in [-0.39, 0.29) is 5.78 Å². The van der Waals surface area contributed by atoms with Crippen molar-refractivity contribution in [3.63, 3.8) is 0 Å². The molecule has 20 heavy (non-hydrogen) atoms. The summed E-state index contributed by atoms with van der Waals surface area (Å²) in [6, 6.07) is 15.4. The average molecular weight is 330 g/mol. The monoisotopic (exact) mass is 329 g/mol. The molecular weight excluding hydrogens is 314 g/mol. The summed E-state index contributed by atoms with van der Waals surface area (Å²) in [7, 11) is 0. The lowest BCUT2D eigenvalue weighted by molar-refractivity contribution is 0.100. The fourth-order valence-electron chi connectivity index (χ4n) is 1.92. The normalized spacial score (nSPS) is 10.9. The zero-order chi connectivity index (χ0) is 14.4. The van der Waals surface area contributed by atoms with E-state index < -0.39 is 0 Å². The summed E-state index contributed by atoms with van der Waals surface area (Å²) in [4.78, 5) is 16.4. The highest BCUT2D eigenvalue weighted by Gasteiger charge is 2.03. The Hall–Kier alpha value is -1.74. The van der Waals surface area contributed by atoms with Crippen molar-refractivity contribution < 1.29 is 4.79 Å². The SMILES string of the molecule is CCc1ccccc1N=CCC(=O)c1ccc(Br)cc1. The van der Waals surface area contributed by atoms with E-state index in [0.717, 1.165) is 16.6 Å². The third-order valence-corrected chi connectivity index (χ3v) is 3.57. The molecular formula is C17H16BrNO. The van der Waals surface area contributed by atoms with Crippen LogP contribution in [0.4, 0.5) is 5.69 Å². The molecule has 0 radical (unpaired) electrons. The highest BCUT2D eigenvalue weighted by Crippen LogP contribution is 2.18. The fraction of sp³-hybridized carbons (Fsp3) is 0.176. The zero-order valence-electron chi connectivity index (χ0n) is 11.3. The van der Waals surface area contributed by atoms with Crippen LogP contribution >= 0.6 is 15.9 Å². The van der Waals surface area contributed by atoms with Gasteiger partial charge in [-0.25, -0.2) is 0 Å². The molecule has 2 aromatic carbocycles. The summed E-state index contributed by atoms with van der Waals surface area (Å²) < 4.78 is 0.972. The van der Waals surface area contributed by atoms with Crippen molar-refractivity contribution in [1.82, 2.24) is 0 Å². The second kappa shape index (κ2) is 7.15. The van der Waals surface area contributed by atoms with E-state index >= 15 is 0 Å². The topological polar surface area (TPSA) is 29.4 Å². The van der Waals surface area contributed by atoms with Gasteiger partial charge in [-0.05, 0) is 30.2 Å². The number of para-hydroxylation sites is 1. The summed E-state index contributed by atoms with van der Waals surface area (Å²) in [5.41, 5.74) is 2.85. The average Bonchev–Trinajstić information content (AvgIpc) is 2.48. The second-order valence-corrected chi connectivity index (χ2v) is 5.34. The first kappa shape index (κ1) is 14.7. The zero-order valence-corrected chi connectivity index (χ0v) is 12.9. The standard InChI is InChI=1S/C17H16BrNO/c1-2-13-5-3-4-6-16(13)19-12-11-17(20)14-7-9-15(18)10-8-14/h3-10,12H,2,11H2,1H3. The predicted octanol–water partition coefficient (Wildman–Crippen LogP) is 4.99. The number of Topliss-reactive ketones (excluding diaryl/α,β-unsaturated/α-hetero) is 1. The molecule has 0 aliphatic heterocycles. The predicted molar refractivity (Wildman–Crippen MR) is 87.1 cm³/mol. The van der Waals surface area contributed by atoms with Crippen molar-refractivity contribution in [2.45, 2.75) is 19.8 Å². The summed E-state index contributed by atoms with van der Waals surface area (Å²) in [6.07, 6.45) is 2.95. The number of rotatable bonds is 5. The van der Waals surface area contributed by atoms with Gasteiger partial charge < -0.3 is 0 Å². The minimum absolute atomic E-state index is 0.0789. The maximum atomic E-state index is 12.0. The number of halogens is 1. The molecule has 0 fully saturated rings. The molecule has 0 N–H and O–H groups in total. The number of hydrogen-bond donors (Lipinski definition) is 0. The van der Waals surface area contributed by atoms with Crippen LogP contribution in [0.1, 0.15) is 29.3 Å². The van der Waals surface area contributed by atoms with Crippen molar-refractivity contribution in [3.05, 3.63) is 64.1 Å². The molecule has 2 aromatic rings. The minimum Gasteiger partial charge on any atom is -0.294 e. The van der Waals surface area contributed by atoms with Crippen LogP contribution in [0.2, 0.25) is 0 Å². The summed E-state index contributed by atoms with van der Waals surface area (Å²) in [6.45, 7) is 2.10. The van der Waals surface area contributed by atoms with Crippen LogP contribution in [0.25, 0.3) is 0 Å². The number of hydrogen-bond acceptors (Lipinski definition) is 2. The molecule has 0 aliphatic carbocycles. The van der Waals surface area contributed by atoms with Gasteiger partial charge in [-0.3, -0.25) is 9.79 Å². The van der Waals surface area contributed by atoms with Crippen molar-refractivity contribution >= 4 is 33.6 Å². The number of carbonyl (C=O) groups is 1. The van der Waals surface area contributed by atoms with Gasteiger partial charge in [0.1, 0.15) is 0 Å². The lowest BCUT2D eigenvalue weighted by atomic mass is 10.1. The van der Waals surface area contributed by atoms with Gasteiger partial charge in [-0.15, -0.1) is 0 Å². The van der Waals surface area contributed by atoms with Crippen LogP contribution in [0.15, 0.2) is 58.0 Å². The third-order valence-electron chi connectivity index (χ3n) is 3.05. The summed E-state index contributed by atoms with van der Waals surface area (Å²) in [5.74, 6) is 0.0789. The van der Waals surface area contributed by atoms with E-state index in [1.165, 1.54) is 5.56 Å². The van der Waals surface area contributed by atoms with Gasteiger partial charge in [-0.1, -0.05) is 53.2 Å². The van der Waals surface area contributed by atoms with Gasteiger partial charge in [0, 0.05) is 22.7 Å². The number of benzene rings is 2. The highest BCUT2D eigenvalue weighted by atomic mass is 79.9. The second-order valence-electron chi connectivity index (χ2n) is 4.43. The van der Waals surface area contributed by atoms with Crippen LogP contribution in [0, 0.1) is 0 Å². The molecule has 0 heterocycles. The van der Waals surface area contributed by atoms with Gasteiger partial charge in [-0.2, -0.15) is 0 Å². The van der Waals surface area contributed by atoms with Crippen LogP contribution in [-0.2, 0) is 6.42 Å². The first-order valence-electron chi connectivity index (χ1n) is 6.60. The molecule has 0 atom stereocenters. The van der Waals surface area contributed by atoms with E-state index in [1.807, 2.05) is 42.5 Å². The Labute approximate surface area is 127 Å². The molecule has 0 aromatic heterocycles. The van der Waals surface area contributed by atoms with Gasteiger partial charge >= 0.3 is 0 Å². The molecule has 2 nitrogen and oxygen atoms in total. The van der Waals surface area contributed by atoms with Gasteiger partial charge in [0.05, 0.1) is 5.69 Å². The number of nitrogens with zero attached hydrogens (tertiary/aromatic N) is 1. The Bertz CT molecular complexity index is 617. The Morgan fingerprint density at radius 2 is 1.85 bits per heavy atom. The number of aryl methyl sites for hydroxylation is 1. The van der Waals surface area contributed by atoms with Crippen LogP contribution < -0.4 is 0 Å². The minimum atomic E-state index is 0.0789. The highest BCUT2D eigenvalue weighted by molar-refractivity contribution is 9.10. The van der Waals surface area contributed by atoms with Crippen molar-refractivity contribution in [2.75, 3.05) is 0 Å². The molecule has 0 bridgehead atoms. The van der Waals surface area contributed by atoms with Crippen molar-refractivity contribution in [3.8, 4) is 0 Å². The van der Waals surface area contributed by atoms with E-state index in [1.54, 1.807) is 6.21 Å². The van der Waals surface area contributed by atoms with E-state index in [9.17, 15) is 4.79 Å². The Morgan fingerprint density at radius 1 is 1.15 bits per heavy atom. The molecule has 0 aliphatic rings. The van der Waals surface area contributed by atoms with Gasteiger partial charge in [0.25, 0.3) is 0 Å². The molecule has 0 saturated carbocycles. The molecule has 0 spiro atoms. The Balaban J connectivity index is 2.02. The number of aliphatic imine (C=N–C) groups is 1. The maximum Gasteiger partial charge on any atom is 0.168 e. The van der Waals surface area contributed by atoms with Gasteiger partial charge in [0.15, 0.2) is 5.78 Å². The molecule has 0 amide bonds. The quantitative estimate of drug-likeness (QED) is 0.561. The molecule has 0 unspecified atom stereocenters. The summed E-state index contributed by atoms with van der Waals surface area (Å²) in [5, 5.41) is 0. The van der Waals surface area contributed by atoms with Crippen LogP contribution in [0.3, 0.4) is 0 Å². The third kappa shape index (κ3) is 3.87. The molecule has 0 saturated heterocycles. The summed E-state index contributed by atoms with van der Waals surface area (Å²) >= 11 is 3.36. The van der Waals surface area contributed by atoms with E-state index in [2.05, 4.69) is 33.9 Å². The lowest BCUT2D eigenvalue weighted by Crippen LogP contribution is -1.99. The number of ketones is 1. The molecule has 2 rings (SSSR count). The van der Waals surface area contributed by atoms with Crippen LogP contribution in [0.5, 0.6) is 0 Å². The first-order chi connectivity index (χ1) is 9.70. The largest absolute Gasteiger partial charge is 0.294 e. The number of carbonyl (C=O) groups excluding carboxylic acids is 1. The van der Waals surface area contributed by atoms with Gasteiger partial charge in [0.2, 0.25) is 0 Å². The smallest absolute Gasteiger partial charge is 0.168 e. The van der Waals surface area contributed by atoms with Crippen LogP contribution in [-0.4, -0.2) is 12.0 Å². The first-order valence-corrected chi connectivity index (χ1v) is 7.39. The van der Waals surface area contributed by atoms with E-state index in [0.29, 0.717) is 12.0 Å². The van der Waals surface area contributed by atoms with Crippen molar-refractivity contribution in [2.24, 2.45) is 4.99 Å². The lowest BCUT2D eigenvalue weighted by Gasteiger charge is -2.01. The maximum absolute atomic E-state index is 12.0. The molecule has 3 heteroatoms. The molecule has 102 valence electrons.